The molecule has 0 saturated heterocycles. The molecule has 0 rings (SSSR count). The lowest BCUT2D eigenvalue weighted by molar-refractivity contribution is -0.130. The maximum atomic E-state index is 11.5. The Morgan fingerprint density at radius 2 is 2.00 bits per heavy atom. The van der Waals surface area contributed by atoms with E-state index in [9.17, 15) is 4.79 Å². The van der Waals surface area contributed by atoms with Crippen molar-refractivity contribution in [1.29, 1.82) is 0 Å². The summed E-state index contributed by atoms with van der Waals surface area (Å²) in [5, 5.41) is 9.05. The summed E-state index contributed by atoms with van der Waals surface area (Å²) in [6.07, 6.45) is 0.767. The highest BCUT2D eigenvalue weighted by molar-refractivity contribution is 5.85. The summed E-state index contributed by atoms with van der Waals surface area (Å²) in [4.78, 5) is 13.2. The minimum Gasteiger partial charge on any atom is -0.393 e. The zero-order chi connectivity index (χ0) is 11.1. The van der Waals surface area contributed by atoms with Gasteiger partial charge in [0.25, 0.3) is 0 Å². The molecule has 0 aromatic carbocycles. The molecule has 0 saturated carbocycles. The standard InChI is InChI=1S/C10H22N2O2.ClH/c1-8(7-11)6-10(14)12(3)5-4-9(2)13;/h8-9,13H,4-7,11H2,1-3H3;1H. The molecule has 0 spiro atoms. The smallest absolute Gasteiger partial charge is 0.222 e. The van der Waals surface area contributed by atoms with Crippen molar-refractivity contribution in [2.24, 2.45) is 11.7 Å². The van der Waals surface area contributed by atoms with Crippen LogP contribution in [0.1, 0.15) is 26.7 Å². The fourth-order valence-corrected chi connectivity index (χ4v) is 1.04. The van der Waals surface area contributed by atoms with Gasteiger partial charge < -0.3 is 15.7 Å². The predicted octanol–water partition coefficient (Wildman–Crippen LogP) is 0.622. The quantitative estimate of drug-likeness (QED) is 0.713. The van der Waals surface area contributed by atoms with Crippen molar-refractivity contribution in [3.8, 4) is 0 Å². The van der Waals surface area contributed by atoms with Gasteiger partial charge in [0.2, 0.25) is 5.91 Å². The van der Waals surface area contributed by atoms with Crippen molar-refractivity contribution < 1.29 is 9.90 Å². The molecule has 1 amide bonds. The largest absolute Gasteiger partial charge is 0.393 e. The van der Waals surface area contributed by atoms with Gasteiger partial charge >= 0.3 is 0 Å². The van der Waals surface area contributed by atoms with Gasteiger partial charge in [-0.1, -0.05) is 6.92 Å². The molecule has 0 bridgehead atoms. The van der Waals surface area contributed by atoms with E-state index in [2.05, 4.69) is 0 Å². The van der Waals surface area contributed by atoms with Gasteiger partial charge in [0.1, 0.15) is 0 Å². The second-order valence-corrected chi connectivity index (χ2v) is 4.00. The molecule has 2 atom stereocenters. The average molecular weight is 239 g/mol. The van der Waals surface area contributed by atoms with Crippen LogP contribution >= 0.6 is 12.4 Å². The highest BCUT2D eigenvalue weighted by atomic mass is 35.5. The van der Waals surface area contributed by atoms with Crippen molar-refractivity contribution in [1.82, 2.24) is 4.90 Å². The molecule has 2 unspecified atom stereocenters. The van der Waals surface area contributed by atoms with E-state index >= 15 is 0 Å². The summed E-state index contributed by atoms with van der Waals surface area (Å²) in [6, 6.07) is 0. The minimum absolute atomic E-state index is 0. The summed E-state index contributed by atoms with van der Waals surface area (Å²) in [6.45, 7) is 4.82. The van der Waals surface area contributed by atoms with Crippen molar-refractivity contribution in [3.05, 3.63) is 0 Å². The maximum Gasteiger partial charge on any atom is 0.222 e. The van der Waals surface area contributed by atoms with Gasteiger partial charge in [-0.2, -0.15) is 0 Å². The van der Waals surface area contributed by atoms with Crippen LogP contribution in [0.25, 0.3) is 0 Å². The van der Waals surface area contributed by atoms with Crippen LogP contribution in [0.2, 0.25) is 0 Å². The first-order valence-corrected chi connectivity index (χ1v) is 5.09. The lowest BCUT2D eigenvalue weighted by atomic mass is 10.1. The number of aliphatic hydroxyl groups excluding tert-OH is 1. The van der Waals surface area contributed by atoms with E-state index in [0.29, 0.717) is 25.9 Å². The minimum atomic E-state index is -0.350. The number of nitrogens with two attached hydrogens (primary N) is 1. The number of rotatable bonds is 6. The third-order valence-electron chi connectivity index (χ3n) is 2.23. The molecule has 0 radical (unpaired) electrons. The molecule has 0 heterocycles. The van der Waals surface area contributed by atoms with Gasteiger partial charge in [-0.15, -0.1) is 12.4 Å². The lowest BCUT2D eigenvalue weighted by Crippen LogP contribution is -2.31. The number of halogens is 1. The summed E-state index contributed by atoms with van der Waals surface area (Å²) in [5.74, 6) is 0.333. The fraction of sp³-hybridized carbons (Fsp3) is 0.900. The maximum absolute atomic E-state index is 11.5. The van der Waals surface area contributed by atoms with Crippen LogP contribution in [0.3, 0.4) is 0 Å². The second-order valence-electron chi connectivity index (χ2n) is 4.00. The number of carbonyl (C=O) groups excluding carboxylic acids is 1. The van der Waals surface area contributed by atoms with Gasteiger partial charge in [-0.05, 0) is 25.8 Å². The first kappa shape index (κ1) is 17.1. The van der Waals surface area contributed by atoms with Crippen molar-refractivity contribution in [2.45, 2.75) is 32.8 Å². The normalized spacial score (nSPS) is 13.9. The van der Waals surface area contributed by atoms with E-state index in [1.807, 2.05) is 6.92 Å². The van der Waals surface area contributed by atoms with E-state index in [0.717, 1.165) is 0 Å². The fourth-order valence-electron chi connectivity index (χ4n) is 1.04. The summed E-state index contributed by atoms with van der Waals surface area (Å²) >= 11 is 0. The molecular weight excluding hydrogens is 216 g/mol. The lowest BCUT2D eigenvalue weighted by Gasteiger charge is -2.19. The Hall–Kier alpha value is -0.320. The summed E-state index contributed by atoms with van der Waals surface area (Å²) < 4.78 is 0. The molecule has 0 aliphatic heterocycles. The van der Waals surface area contributed by atoms with Gasteiger partial charge in [0.15, 0.2) is 0 Å². The van der Waals surface area contributed by atoms with Crippen LogP contribution in [0.15, 0.2) is 0 Å². The number of nitrogens with zero attached hydrogens (tertiary/aromatic N) is 1. The van der Waals surface area contributed by atoms with Crippen LogP contribution in [0, 0.1) is 5.92 Å². The number of hydrogen-bond acceptors (Lipinski definition) is 3. The van der Waals surface area contributed by atoms with Crippen LogP contribution < -0.4 is 5.73 Å². The third-order valence-corrected chi connectivity index (χ3v) is 2.23. The van der Waals surface area contributed by atoms with Gasteiger partial charge in [-0.25, -0.2) is 0 Å². The molecule has 0 aliphatic rings. The molecule has 4 nitrogen and oxygen atoms in total. The van der Waals surface area contributed by atoms with Crippen LogP contribution in [-0.4, -0.2) is 42.2 Å². The molecular formula is C10H23ClN2O2. The Morgan fingerprint density at radius 1 is 1.47 bits per heavy atom. The zero-order valence-electron chi connectivity index (χ0n) is 9.77. The van der Waals surface area contributed by atoms with Gasteiger partial charge in [0.05, 0.1) is 6.10 Å². The third kappa shape index (κ3) is 8.66. The first-order chi connectivity index (χ1) is 6.47. The molecule has 15 heavy (non-hydrogen) atoms. The molecule has 0 aromatic heterocycles. The molecule has 5 heteroatoms. The number of amides is 1. The topological polar surface area (TPSA) is 66.6 Å². The van der Waals surface area contributed by atoms with E-state index in [1.165, 1.54) is 0 Å². The average Bonchev–Trinajstić information content (AvgIpc) is 2.13. The predicted molar refractivity (Wildman–Crippen MR) is 64.0 cm³/mol. The highest BCUT2D eigenvalue weighted by Gasteiger charge is 2.12. The first-order valence-electron chi connectivity index (χ1n) is 5.09. The molecule has 0 fully saturated rings. The number of aliphatic hydroxyl groups is 1. The Balaban J connectivity index is 0. The second kappa shape index (κ2) is 8.95. The highest BCUT2D eigenvalue weighted by Crippen LogP contribution is 2.03. The van der Waals surface area contributed by atoms with E-state index in [-0.39, 0.29) is 30.3 Å². The molecule has 0 aliphatic carbocycles. The molecule has 0 aromatic rings. The van der Waals surface area contributed by atoms with E-state index < -0.39 is 0 Å². The Labute approximate surface area is 98.2 Å². The van der Waals surface area contributed by atoms with E-state index in [1.54, 1.807) is 18.9 Å². The summed E-state index contributed by atoms with van der Waals surface area (Å²) in [5.41, 5.74) is 5.43. The Bertz CT molecular complexity index is 177. The molecule has 92 valence electrons. The van der Waals surface area contributed by atoms with Crippen molar-refractivity contribution >= 4 is 18.3 Å². The van der Waals surface area contributed by atoms with Crippen molar-refractivity contribution in [2.75, 3.05) is 20.1 Å². The monoisotopic (exact) mass is 238 g/mol. The Kier molecular flexibility index (Phi) is 10.2. The van der Waals surface area contributed by atoms with Crippen LogP contribution in [0.4, 0.5) is 0 Å². The summed E-state index contributed by atoms with van der Waals surface area (Å²) in [7, 11) is 1.76. The van der Waals surface area contributed by atoms with Crippen LogP contribution in [-0.2, 0) is 4.79 Å². The van der Waals surface area contributed by atoms with Crippen molar-refractivity contribution in [3.63, 3.8) is 0 Å². The Morgan fingerprint density at radius 3 is 2.40 bits per heavy atom. The number of hydrogen-bond donors (Lipinski definition) is 2. The van der Waals surface area contributed by atoms with E-state index in [4.69, 9.17) is 10.8 Å². The van der Waals surface area contributed by atoms with Crippen LogP contribution in [0.5, 0.6) is 0 Å². The zero-order valence-corrected chi connectivity index (χ0v) is 10.6. The SMILES string of the molecule is CC(O)CCN(C)C(=O)CC(C)CN.Cl. The van der Waals surface area contributed by atoms with Gasteiger partial charge in [-0.3, -0.25) is 4.79 Å². The number of carbonyl (C=O) groups is 1. The van der Waals surface area contributed by atoms with Gasteiger partial charge in [0, 0.05) is 20.0 Å². The molecule has 3 N–H and O–H groups in total.